The maximum atomic E-state index is 4.49. The van der Waals surface area contributed by atoms with E-state index in [1.165, 1.54) is 11.1 Å². The van der Waals surface area contributed by atoms with Gasteiger partial charge in [0, 0.05) is 45.5 Å². The number of hydrogen-bond acceptors (Lipinski definition) is 3. The zero-order chi connectivity index (χ0) is 19.1. The van der Waals surface area contributed by atoms with Gasteiger partial charge >= 0.3 is 0 Å². The van der Waals surface area contributed by atoms with Crippen molar-refractivity contribution < 1.29 is 0 Å². The van der Waals surface area contributed by atoms with Gasteiger partial charge in [-0.2, -0.15) is 0 Å². The van der Waals surface area contributed by atoms with Crippen molar-refractivity contribution in [3.8, 4) is 0 Å². The first-order valence-electron chi connectivity index (χ1n) is 9.88. The van der Waals surface area contributed by atoms with E-state index in [1.807, 2.05) is 19.3 Å². The fraction of sp³-hybridized carbons (Fsp3) is 0.455. The molecule has 6 heteroatoms. The van der Waals surface area contributed by atoms with E-state index in [0.29, 0.717) is 12.6 Å². The lowest BCUT2D eigenvalue weighted by atomic mass is 10.0. The molecule has 28 heavy (non-hydrogen) atoms. The maximum absolute atomic E-state index is 4.49. The van der Waals surface area contributed by atoms with Gasteiger partial charge in [0.15, 0.2) is 5.96 Å². The Balaban J connectivity index is 0.00000280. The summed E-state index contributed by atoms with van der Waals surface area (Å²) in [5, 5.41) is 3.48. The van der Waals surface area contributed by atoms with Crippen molar-refractivity contribution in [3.63, 3.8) is 0 Å². The van der Waals surface area contributed by atoms with Crippen molar-refractivity contribution in [3.05, 3.63) is 65.5 Å². The monoisotopic (exact) mass is 493 g/mol. The van der Waals surface area contributed by atoms with Crippen LogP contribution in [0.2, 0.25) is 0 Å². The van der Waals surface area contributed by atoms with E-state index < -0.39 is 0 Å². The van der Waals surface area contributed by atoms with Gasteiger partial charge in [-0.3, -0.25) is 14.9 Å². The average Bonchev–Trinajstić information content (AvgIpc) is 2.72. The summed E-state index contributed by atoms with van der Waals surface area (Å²) in [5.41, 5.74) is 3.70. The van der Waals surface area contributed by atoms with Crippen LogP contribution in [0.4, 0.5) is 0 Å². The molecule has 1 aromatic heterocycles. The second kappa shape index (κ2) is 11.4. The van der Waals surface area contributed by atoms with Crippen LogP contribution in [0.3, 0.4) is 0 Å². The van der Waals surface area contributed by atoms with Gasteiger partial charge in [-0.05, 0) is 30.5 Å². The van der Waals surface area contributed by atoms with E-state index in [-0.39, 0.29) is 24.0 Å². The van der Waals surface area contributed by atoms with Crippen molar-refractivity contribution in [2.24, 2.45) is 4.99 Å². The molecule has 5 nitrogen and oxygen atoms in total. The Labute approximate surface area is 186 Å². The zero-order valence-corrected chi connectivity index (χ0v) is 19.5. The lowest BCUT2D eigenvalue weighted by molar-refractivity contribution is 0.127. The topological polar surface area (TPSA) is 43.8 Å². The van der Waals surface area contributed by atoms with Gasteiger partial charge in [0.2, 0.25) is 0 Å². The quantitative estimate of drug-likeness (QED) is 0.391. The number of rotatable bonds is 5. The summed E-state index contributed by atoms with van der Waals surface area (Å²) < 4.78 is 0. The van der Waals surface area contributed by atoms with E-state index >= 15 is 0 Å². The summed E-state index contributed by atoms with van der Waals surface area (Å²) in [6.45, 7) is 9.17. The molecule has 3 rings (SSSR count). The highest BCUT2D eigenvalue weighted by atomic mass is 127. The molecule has 0 spiro atoms. The molecule has 1 fully saturated rings. The lowest BCUT2D eigenvalue weighted by Crippen LogP contribution is -2.53. The van der Waals surface area contributed by atoms with Gasteiger partial charge in [0.1, 0.15) is 0 Å². The SMILES string of the molecule is CCC(c1ccccc1)N1CCN(C(=NC)NCc2ncccc2C)CC1.I. The molecule has 152 valence electrons. The van der Waals surface area contributed by atoms with Crippen LogP contribution in [-0.4, -0.2) is 54.0 Å². The summed E-state index contributed by atoms with van der Waals surface area (Å²) in [5.74, 6) is 0.965. The minimum absolute atomic E-state index is 0. The first kappa shape index (κ1) is 22.6. The van der Waals surface area contributed by atoms with Crippen LogP contribution in [0.25, 0.3) is 0 Å². The Bertz CT molecular complexity index is 742. The molecule has 1 saturated heterocycles. The molecule has 0 radical (unpaired) electrons. The van der Waals surface area contributed by atoms with Gasteiger partial charge < -0.3 is 10.2 Å². The van der Waals surface area contributed by atoms with Gasteiger partial charge in [-0.1, -0.05) is 43.3 Å². The highest BCUT2D eigenvalue weighted by molar-refractivity contribution is 14.0. The minimum atomic E-state index is 0. The van der Waals surface area contributed by atoms with Crippen molar-refractivity contribution in [1.29, 1.82) is 0 Å². The van der Waals surface area contributed by atoms with Crippen LogP contribution in [-0.2, 0) is 6.54 Å². The van der Waals surface area contributed by atoms with Gasteiger partial charge in [0.05, 0.1) is 12.2 Å². The smallest absolute Gasteiger partial charge is 0.194 e. The Kier molecular flexibility index (Phi) is 9.18. The number of aliphatic imine (C=N–C) groups is 1. The molecular formula is C22H32IN5. The van der Waals surface area contributed by atoms with Crippen molar-refractivity contribution in [1.82, 2.24) is 20.1 Å². The molecule has 1 unspecified atom stereocenters. The minimum Gasteiger partial charge on any atom is -0.351 e. The third kappa shape index (κ3) is 5.67. The van der Waals surface area contributed by atoms with Crippen LogP contribution in [0.1, 0.15) is 36.2 Å². The summed E-state index contributed by atoms with van der Waals surface area (Å²) in [6, 6.07) is 15.4. The van der Waals surface area contributed by atoms with Gasteiger partial charge in [0.25, 0.3) is 0 Å². The van der Waals surface area contributed by atoms with Crippen LogP contribution in [0.15, 0.2) is 53.7 Å². The number of piperazine rings is 1. The van der Waals surface area contributed by atoms with Crippen LogP contribution in [0, 0.1) is 6.92 Å². The molecule has 1 N–H and O–H groups in total. The first-order chi connectivity index (χ1) is 13.2. The number of hydrogen-bond donors (Lipinski definition) is 1. The Morgan fingerprint density at radius 1 is 1.11 bits per heavy atom. The van der Waals surface area contributed by atoms with Crippen molar-refractivity contribution in [2.75, 3.05) is 33.2 Å². The summed E-state index contributed by atoms with van der Waals surface area (Å²) in [6.07, 6.45) is 2.98. The third-order valence-electron chi connectivity index (χ3n) is 5.37. The Morgan fingerprint density at radius 3 is 2.43 bits per heavy atom. The molecule has 0 saturated carbocycles. The highest BCUT2D eigenvalue weighted by Gasteiger charge is 2.25. The highest BCUT2D eigenvalue weighted by Crippen LogP contribution is 2.25. The summed E-state index contributed by atoms with van der Waals surface area (Å²) in [7, 11) is 1.86. The van der Waals surface area contributed by atoms with E-state index in [1.54, 1.807) is 0 Å². The number of halogens is 1. The fourth-order valence-corrected chi connectivity index (χ4v) is 3.82. The van der Waals surface area contributed by atoms with Gasteiger partial charge in [-0.15, -0.1) is 24.0 Å². The molecule has 1 aliphatic rings. The number of nitrogens with zero attached hydrogens (tertiary/aromatic N) is 4. The molecular weight excluding hydrogens is 461 g/mol. The lowest BCUT2D eigenvalue weighted by Gasteiger charge is -2.40. The first-order valence-corrected chi connectivity index (χ1v) is 9.88. The Hall–Kier alpha value is -1.67. The fourth-order valence-electron chi connectivity index (χ4n) is 3.82. The number of pyridine rings is 1. The van der Waals surface area contributed by atoms with E-state index in [0.717, 1.165) is 44.3 Å². The molecule has 2 heterocycles. The Morgan fingerprint density at radius 2 is 1.82 bits per heavy atom. The molecule has 0 bridgehead atoms. The molecule has 1 atom stereocenters. The van der Waals surface area contributed by atoms with Crippen LogP contribution < -0.4 is 5.32 Å². The molecule has 1 aliphatic heterocycles. The number of benzene rings is 1. The average molecular weight is 493 g/mol. The number of aryl methyl sites for hydroxylation is 1. The van der Waals surface area contributed by atoms with E-state index in [4.69, 9.17) is 0 Å². The van der Waals surface area contributed by atoms with Crippen molar-refractivity contribution >= 4 is 29.9 Å². The van der Waals surface area contributed by atoms with E-state index in [9.17, 15) is 0 Å². The molecule has 0 amide bonds. The normalized spacial score (nSPS) is 16.4. The number of nitrogens with one attached hydrogen (secondary N) is 1. The predicted molar refractivity (Wildman–Crippen MR) is 127 cm³/mol. The second-order valence-electron chi connectivity index (χ2n) is 7.03. The zero-order valence-electron chi connectivity index (χ0n) is 17.1. The number of guanidine groups is 1. The van der Waals surface area contributed by atoms with Gasteiger partial charge in [-0.25, -0.2) is 0 Å². The standard InChI is InChI=1S/C22H31N5.HI/c1-4-21(19-10-6-5-7-11-19)26-13-15-27(16-14-26)22(23-3)25-17-20-18(2)9-8-12-24-20;/h5-12,21H,4,13-17H2,1-3H3,(H,23,25);1H. The van der Waals surface area contributed by atoms with Crippen LogP contribution in [0.5, 0.6) is 0 Å². The maximum Gasteiger partial charge on any atom is 0.194 e. The predicted octanol–water partition coefficient (Wildman–Crippen LogP) is 3.85. The van der Waals surface area contributed by atoms with Crippen LogP contribution >= 0.6 is 24.0 Å². The number of aromatic nitrogens is 1. The van der Waals surface area contributed by atoms with Crippen molar-refractivity contribution in [2.45, 2.75) is 32.9 Å². The largest absolute Gasteiger partial charge is 0.351 e. The summed E-state index contributed by atoms with van der Waals surface area (Å²) >= 11 is 0. The molecule has 2 aromatic rings. The molecule has 0 aliphatic carbocycles. The van der Waals surface area contributed by atoms with E-state index in [2.05, 4.69) is 75.3 Å². The summed E-state index contributed by atoms with van der Waals surface area (Å²) in [4.78, 5) is 13.9. The second-order valence-corrected chi connectivity index (χ2v) is 7.03. The molecule has 1 aromatic carbocycles. The third-order valence-corrected chi connectivity index (χ3v) is 5.37.